The fourth-order valence-electron chi connectivity index (χ4n) is 2.63. The predicted molar refractivity (Wildman–Crippen MR) is 77.1 cm³/mol. The maximum absolute atomic E-state index is 6.17. The summed E-state index contributed by atoms with van der Waals surface area (Å²) in [5, 5.41) is 0. The molecule has 2 aliphatic rings. The highest BCUT2D eigenvalue weighted by Crippen LogP contribution is 2.32. The molecule has 1 aliphatic heterocycles. The van der Waals surface area contributed by atoms with Gasteiger partial charge in [-0.25, -0.2) is 0 Å². The van der Waals surface area contributed by atoms with Crippen LogP contribution in [0.4, 0.5) is 0 Å². The molecule has 1 atom stereocenters. The molecule has 110 valence electrons. The Balaban J connectivity index is 1.47. The fraction of sp³-hybridized carbons (Fsp3) is 0.625. The van der Waals surface area contributed by atoms with Crippen molar-refractivity contribution < 1.29 is 14.2 Å². The Hall–Kier alpha value is -1.26. The summed E-state index contributed by atoms with van der Waals surface area (Å²) in [6.07, 6.45) is 5.31. The van der Waals surface area contributed by atoms with Crippen LogP contribution >= 0.6 is 0 Å². The molecule has 0 bridgehead atoms. The molecule has 0 saturated heterocycles. The van der Waals surface area contributed by atoms with Crippen molar-refractivity contribution in [2.45, 2.75) is 31.7 Å². The molecule has 1 aliphatic carbocycles. The highest BCUT2D eigenvalue weighted by Gasteiger charge is 2.17. The van der Waals surface area contributed by atoms with Crippen molar-refractivity contribution in [1.29, 1.82) is 0 Å². The van der Waals surface area contributed by atoms with E-state index in [-0.39, 0.29) is 6.04 Å². The van der Waals surface area contributed by atoms with Gasteiger partial charge in [-0.1, -0.05) is 25.3 Å². The number of ether oxygens (including phenoxy) is 3. The van der Waals surface area contributed by atoms with Gasteiger partial charge in [0.1, 0.15) is 13.2 Å². The third kappa shape index (κ3) is 3.25. The first-order valence-electron chi connectivity index (χ1n) is 7.56. The number of fused-ring (bicyclic) bond motifs is 1. The van der Waals surface area contributed by atoms with Crippen molar-refractivity contribution in [2.75, 3.05) is 26.4 Å². The van der Waals surface area contributed by atoms with Crippen LogP contribution in [0.5, 0.6) is 11.5 Å². The SMILES string of the molecule is NC(COCCC1CCC1)c1ccc2c(c1)OCCO2. The minimum absolute atomic E-state index is 0.104. The smallest absolute Gasteiger partial charge is 0.161 e. The topological polar surface area (TPSA) is 53.7 Å². The van der Waals surface area contributed by atoms with E-state index in [1.54, 1.807) is 0 Å². The highest BCUT2D eigenvalue weighted by molar-refractivity contribution is 5.44. The van der Waals surface area contributed by atoms with E-state index in [0.717, 1.165) is 29.6 Å². The van der Waals surface area contributed by atoms with Crippen LogP contribution in [0.15, 0.2) is 18.2 Å². The van der Waals surface area contributed by atoms with Crippen LogP contribution in [-0.2, 0) is 4.74 Å². The van der Waals surface area contributed by atoms with Crippen molar-refractivity contribution >= 4 is 0 Å². The van der Waals surface area contributed by atoms with E-state index in [9.17, 15) is 0 Å². The average Bonchev–Trinajstić information content (AvgIpc) is 2.44. The minimum atomic E-state index is -0.104. The van der Waals surface area contributed by atoms with Gasteiger partial charge in [0.2, 0.25) is 0 Å². The molecule has 0 spiro atoms. The van der Waals surface area contributed by atoms with Crippen LogP contribution in [-0.4, -0.2) is 26.4 Å². The number of nitrogens with two attached hydrogens (primary N) is 1. The summed E-state index contributed by atoms with van der Waals surface area (Å²) in [6.45, 7) is 2.60. The van der Waals surface area contributed by atoms with Crippen LogP contribution in [0.25, 0.3) is 0 Å². The van der Waals surface area contributed by atoms with E-state index >= 15 is 0 Å². The van der Waals surface area contributed by atoms with E-state index in [1.165, 1.54) is 25.7 Å². The van der Waals surface area contributed by atoms with Gasteiger partial charge < -0.3 is 19.9 Å². The first kappa shape index (κ1) is 13.7. The van der Waals surface area contributed by atoms with Crippen molar-refractivity contribution in [3.63, 3.8) is 0 Å². The molecule has 20 heavy (non-hydrogen) atoms. The van der Waals surface area contributed by atoms with Gasteiger partial charge in [-0.3, -0.25) is 0 Å². The number of rotatable bonds is 6. The average molecular weight is 277 g/mol. The maximum atomic E-state index is 6.17. The zero-order chi connectivity index (χ0) is 13.8. The lowest BCUT2D eigenvalue weighted by molar-refractivity contribution is 0.0960. The van der Waals surface area contributed by atoms with Crippen molar-refractivity contribution in [2.24, 2.45) is 11.7 Å². The summed E-state index contributed by atoms with van der Waals surface area (Å²) in [7, 11) is 0. The van der Waals surface area contributed by atoms with Gasteiger partial charge in [-0.05, 0) is 30.0 Å². The maximum Gasteiger partial charge on any atom is 0.161 e. The zero-order valence-corrected chi connectivity index (χ0v) is 11.8. The molecule has 1 saturated carbocycles. The third-order valence-electron chi connectivity index (χ3n) is 4.19. The molecule has 1 fully saturated rings. The van der Waals surface area contributed by atoms with Crippen LogP contribution in [0, 0.1) is 5.92 Å². The van der Waals surface area contributed by atoms with Gasteiger partial charge in [0.05, 0.1) is 12.6 Å². The number of hydrogen-bond donors (Lipinski definition) is 1. The van der Waals surface area contributed by atoms with Crippen LogP contribution in [0.3, 0.4) is 0 Å². The molecule has 4 nitrogen and oxygen atoms in total. The second-order valence-electron chi connectivity index (χ2n) is 5.67. The lowest BCUT2D eigenvalue weighted by Gasteiger charge is -2.25. The Morgan fingerprint density at radius 3 is 2.75 bits per heavy atom. The van der Waals surface area contributed by atoms with Gasteiger partial charge in [0.15, 0.2) is 11.5 Å². The monoisotopic (exact) mass is 277 g/mol. The molecule has 0 radical (unpaired) electrons. The fourth-order valence-corrected chi connectivity index (χ4v) is 2.63. The van der Waals surface area contributed by atoms with Gasteiger partial charge >= 0.3 is 0 Å². The first-order chi connectivity index (χ1) is 9.83. The van der Waals surface area contributed by atoms with Crippen LogP contribution in [0.1, 0.15) is 37.3 Å². The second kappa shape index (κ2) is 6.46. The molecule has 0 aromatic heterocycles. The summed E-state index contributed by atoms with van der Waals surface area (Å²) < 4.78 is 16.8. The Labute approximate surface area is 120 Å². The van der Waals surface area contributed by atoms with Gasteiger partial charge in [0, 0.05) is 6.61 Å². The first-order valence-corrected chi connectivity index (χ1v) is 7.56. The highest BCUT2D eigenvalue weighted by atomic mass is 16.6. The predicted octanol–water partition coefficient (Wildman–Crippen LogP) is 2.66. The summed E-state index contributed by atoms with van der Waals surface area (Å²) >= 11 is 0. The van der Waals surface area contributed by atoms with E-state index in [4.69, 9.17) is 19.9 Å². The second-order valence-corrected chi connectivity index (χ2v) is 5.67. The Morgan fingerprint density at radius 2 is 2.00 bits per heavy atom. The molecule has 1 aromatic rings. The van der Waals surface area contributed by atoms with Crippen molar-refractivity contribution in [1.82, 2.24) is 0 Å². The summed E-state index contributed by atoms with van der Waals surface area (Å²) in [4.78, 5) is 0. The molecule has 2 N–H and O–H groups in total. The largest absolute Gasteiger partial charge is 0.486 e. The Kier molecular flexibility index (Phi) is 4.43. The number of hydrogen-bond acceptors (Lipinski definition) is 4. The van der Waals surface area contributed by atoms with Crippen LogP contribution in [0.2, 0.25) is 0 Å². The molecule has 3 rings (SSSR count). The lowest BCUT2D eigenvalue weighted by atomic mass is 9.83. The molecule has 1 heterocycles. The molecule has 0 amide bonds. The summed E-state index contributed by atoms with van der Waals surface area (Å²) in [6, 6.07) is 5.78. The quantitative estimate of drug-likeness (QED) is 0.812. The summed E-state index contributed by atoms with van der Waals surface area (Å²) in [5.74, 6) is 2.48. The minimum Gasteiger partial charge on any atom is -0.486 e. The Morgan fingerprint density at radius 1 is 1.20 bits per heavy atom. The normalized spacial score (nSPS) is 19.4. The zero-order valence-electron chi connectivity index (χ0n) is 11.8. The van der Waals surface area contributed by atoms with E-state index in [2.05, 4.69) is 0 Å². The third-order valence-corrected chi connectivity index (χ3v) is 4.19. The molecule has 1 aromatic carbocycles. The molecular formula is C16H23NO3. The van der Waals surface area contributed by atoms with Gasteiger partial charge in [0.25, 0.3) is 0 Å². The van der Waals surface area contributed by atoms with Gasteiger partial charge in [-0.2, -0.15) is 0 Å². The van der Waals surface area contributed by atoms with E-state index < -0.39 is 0 Å². The Bertz CT molecular complexity index is 445. The van der Waals surface area contributed by atoms with E-state index in [1.807, 2.05) is 18.2 Å². The molecule has 1 unspecified atom stereocenters. The van der Waals surface area contributed by atoms with Crippen molar-refractivity contribution in [3.05, 3.63) is 23.8 Å². The number of benzene rings is 1. The van der Waals surface area contributed by atoms with Gasteiger partial charge in [-0.15, -0.1) is 0 Å². The lowest BCUT2D eigenvalue weighted by Crippen LogP contribution is -2.20. The van der Waals surface area contributed by atoms with Crippen molar-refractivity contribution in [3.8, 4) is 11.5 Å². The van der Waals surface area contributed by atoms with E-state index in [0.29, 0.717) is 19.8 Å². The molecule has 4 heteroatoms. The standard InChI is InChI=1S/C16H23NO3/c17-14(11-18-7-6-12-2-1-3-12)13-4-5-15-16(10-13)20-9-8-19-15/h4-5,10,12,14H,1-3,6-9,11,17H2. The summed E-state index contributed by atoms with van der Waals surface area (Å²) in [5.41, 5.74) is 7.21. The van der Waals surface area contributed by atoms with Crippen LogP contribution < -0.4 is 15.2 Å². The molecular weight excluding hydrogens is 254 g/mol.